The summed E-state index contributed by atoms with van der Waals surface area (Å²) in [6, 6.07) is 2.77. The fourth-order valence-electron chi connectivity index (χ4n) is 1.44. The van der Waals surface area contributed by atoms with Crippen LogP contribution >= 0.6 is 11.6 Å². The van der Waals surface area contributed by atoms with Crippen LogP contribution in [0.1, 0.15) is 22.3 Å². The van der Waals surface area contributed by atoms with Crippen molar-refractivity contribution in [2.45, 2.75) is 12.8 Å². The number of benzene rings is 1. The summed E-state index contributed by atoms with van der Waals surface area (Å²) in [6.07, 6.45) is 1.12. The minimum Gasteiger partial charge on any atom is -0.294 e. The summed E-state index contributed by atoms with van der Waals surface area (Å²) in [7, 11) is 0. The highest BCUT2D eigenvalue weighted by Crippen LogP contribution is 2.27. The Balaban J connectivity index is 2.63. The summed E-state index contributed by atoms with van der Waals surface area (Å²) in [4.78, 5) is 11.1. The second kappa shape index (κ2) is 2.56. The van der Waals surface area contributed by atoms with Gasteiger partial charge in [-0.2, -0.15) is 0 Å². The Morgan fingerprint density at radius 1 is 1.33 bits per heavy atom. The van der Waals surface area contributed by atoms with Gasteiger partial charge in [0.15, 0.2) is 5.78 Å². The van der Waals surface area contributed by atoms with Crippen LogP contribution in [-0.4, -0.2) is 5.78 Å². The van der Waals surface area contributed by atoms with E-state index in [9.17, 15) is 9.18 Å². The van der Waals surface area contributed by atoms with Crippen molar-refractivity contribution < 1.29 is 9.18 Å². The van der Waals surface area contributed by atoms with E-state index in [0.717, 1.165) is 5.56 Å². The van der Waals surface area contributed by atoms with Gasteiger partial charge in [0.05, 0.1) is 5.02 Å². The summed E-state index contributed by atoms with van der Waals surface area (Å²) in [5, 5.41) is 0.0315. The molecule has 0 saturated heterocycles. The molecule has 0 fully saturated rings. The SMILES string of the molecule is O=C1CCc2cc(F)c(Cl)cc21. The van der Waals surface area contributed by atoms with E-state index >= 15 is 0 Å². The molecule has 0 amide bonds. The predicted molar refractivity (Wildman–Crippen MR) is 44.1 cm³/mol. The third-order valence-electron chi connectivity index (χ3n) is 2.07. The molecule has 1 aromatic rings. The first-order valence-corrected chi connectivity index (χ1v) is 4.07. The number of halogens is 2. The van der Waals surface area contributed by atoms with Gasteiger partial charge in [-0.15, -0.1) is 0 Å². The average molecular weight is 185 g/mol. The van der Waals surface area contributed by atoms with Crippen molar-refractivity contribution >= 4 is 17.4 Å². The molecule has 0 N–H and O–H groups in total. The molecule has 0 saturated carbocycles. The fourth-order valence-corrected chi connectivity index (χ4v) is 1.60. The zero-order chi connectivity index (χ0) is 8.72. The molecule has 0 heterocycles. The Labute approximate surface area is 74.2 Å². The number of hydrogen-bond donors (Lipinski definition) is 0. The van der Waals surface area contributed by atoms with Gasteiger partial charge in [-0.1, -0.05) is 11.6 Å². The summed E-state index contributed by atoms with van der Waals surface area (Å²) >= 11 is 5.53. The monoisotopic (exact) mass is 184 g/mol. The third-order valence-corrected chi connectivity index (χ3v) is 2.36. The maximum Gasteiger partial charge on any atom is 0.163 e. The highest BCUT2D eigenvalue weighted by atomic mass is 35.5. The number of hydrogen-bond acceptors (Lipinski definition) is 1. The lowest BCUT2D eigenvalue weighted by Crippen LogP contribution is -1.92. The molecule has 12 heavy (non-hydrogen) atoms. The van der Waals surface area contributed by atoms with Crippen LogP contribution in [0, 0.1) is 5.82 Å². The van der Waals surface area contributed by atoms with E-state index in [2.05, 4.69) is 0 Å². The summed E-state index contributed by atoms with van der Waals surface area (Å²) in [5.74, 6) is -0.378. The van der Waals surface area contributed by atoms with Crippen molar-refractivity contribution in [3.63, 3.8) is 0 Å². The van der Waals surface area contributed by atoms with E-state index in [1.807, 2.05) is 0 Å². The first-order valence-electron chi connectivity index (χ1n) is 3.69. The normalized spacial score (nSPS) is 15.0. The molecule has 0 atom stereocenters. The van der Waals surface area contributed by atoms with Gasteiger partial charge in [-0.05, 0) is 24.1 Å². The standard InChI is InChI=1S/C9H6ClFO/c10-7-4-6-5(3-8(7)11)1-2-9(6)12/h3-4H,1-2H2. The maximum atomic E-state index is 12.9. The van der Waals surface area contributed by atoms with E-state index < -0.39 is 5.82 Å². The van der Waals surface area contributed by atoms with Gasteiger partial charge in [0.2, 0.25) is 0 Å². The number of rotatable bonds is 0. The van der Waals surface area contributed by atoms with Gasteiger partial charge in [0.1, 0.15) is 5.82 Å². The molecule has 0 aromatic heterocycles. The minimum atomic E-state index is -0.440. The van der Waals surface area contributed by atoms with Crippen LogP contribution in [0.25, 0.3) is 0 Å². The molecular weight excluding hydrogens is 179 g/mol. The van der Waals surface area contributed by atoms with Gasteiger partial charge >= 0.3 is 0 Å². The van der Waals surface area contributed by atoms with Gasteiger partial charge < -0.3 is 0 Å². The quantitative estimate of drug-likeness (QED) is 0.606. The highest BCUT2D eigenvalue weighted by Gasteiger charge is 2.20. The largest absolute Gasteiger partial charge is 0.294 e. The van der Waals surface area contributed by atoms with E-state index in [4.69, 9.17) is 11.6 Å². The zero-order valence-corrected chi connectivity index (χ0v) is 6.99. The van der Waals surface area contributed by atoms with Gasteiger partial charge in [-0.3, -0.25) is 4.79 Å². The molecule has 3 heteroatoms. The Morgan fingerprint density at radius 2 is 2.08 bits per heavy atom. The van der Waals surface area contributed by atoms with Gasteiger partial charge in [0.25, 0.3) is 0 Å². The third kappa shape index (κ3) is 1.03. The van der Waals surface area contributed by atoms with Crippen LogP contribution in [0.2, 0.25) is 5.02 Å². The lowest BCUT2D eigenvalue weighted by molar-refractivity contribution is 0.0994. The van der Waals surface area contributed by atoms with E-state index in [1.54, 1.807) is 0 Å². The molecule has 1 aromatic carbocycles. The summed E-state index contributed by atoms with van der Waals surface area (Å²) < 4.78 is 12.9. The Hall–Kier alpha value is -0.890. The number of Topliss-reactive ketones (excluding diaryl/α,β-unsaturated/α-hetero) is 1. The van der Waals surface area contributed by atoms with Crippen molar-refractivity contribution in [2.24, 2.45) is 0 Å². The zero-order valence-electron chi connectivity index (χ0n) is 6.23. The lowest BCUT2D eigenvalue weighted by atomic mass is 10.1. The van der Waals surface area contributed by atoms with Crippen LogP contribution in [-0.2, 0) is 6.42 Å². The highest BCUT2D eigenvalue weighted by molar-refractivity contribution is 6.31. The van der Waals surface area contributed by atoms with E-state index in [0.29, 0.717) is 18.4 Å². The Bertz CT molecular complexity index is 360. The molecule has 0 aliphatic heterocycles. The smallest absolute Gasteiger partial charge is 0.163 e. The molecular formula is C9H6ClFO. The van der Waals surface area contributed by atoms with Crippen molar-refractivity contribution in [2.75, 3.05) is 0 Å². The van der Waals surface area contributed by atoms with Gasteiger partial charge in [0, 0.05) is 12.0 Å². The molecule has 0 unspecified atom stereocenters. The number of carbonyl (C=O) groups is 1. The van der Waals surface area contributed by atoms with Crippen molar-refractivity contribution in [1.29, 1.82) is 0 Å². The van der Waals surface area contributed by atoms with Crippen molar-refractivity contribution in [3.05, 3.63) is 34.1 Å². The van der Waals surface area contributed by atoms with Crippen molar-refractivity contribution in [3.8, 4) is 0 Å². The van der Waals surface area contributed by atoms with Crippen molar-refractivity contribution in [1.82, 2.24) is 0 Å². The molecule has 1 aliphatic rings. The van der Waals surface area contributed by atoms with Gasteiger partial charge in [-0.25, -0.2) is 4.39 Å². The molecule has 1 aliphatic carbocycles. The molecule has 2 rings (SSSR count). The van der Waals surface area contributed by atoms with Crippen LogP contribution in [0.15, 0.2) is 12.1 Å². The Kier molecular flexibility index (Phi) is 1.65. The molecule has 0 radical (unpaired) electrons. The number of aryl methyl sites for hydroxylation is 1. The molecule has 0 spiro atoms. The number of ketones is 1. The molecule has 1 nitrogen and oxygen atoms in total. The Morgan fingerprint density at radius 3 is 2.83 bits per heavy atom. The molecule has 0 bridgehead atoms. The number of carbonyl (C=O) groups excluding carboxylic acids is 1. The maximum absolute atomic E-state index is 12.9. The van der Waals surface area contributed by atoms with E-state index in [1.165, 1.54) is 12.1 Å². The predicted octanol–water partition coefficient (Wildman–Crippen LogP) is 2.61. The van der Waals surface area contributed by atoms with Crippen LogP contribution in [0.3, 0.4) is 0 Å². The summed E-state index contributed by atoms with van der Waals surface area (Å²) in [5.41, 5.74) is 1.36. The fraction of sp³-hybridized carbons (Fsp3) is 0.222. The van der Waals surface area contributed by atoms with Crippen LogP contribution < -0.4 is 0 Å². The summed E-state index contributed by atoms with van der Waals surface area (Å²) in [6.45, 7) is 0. The number of fused-ring (bicyclic) bond motifs is 1. The van der Waals surface area contributed by atoms with E-state index in [-0.39, 0.29) is 10.8 Å². The first kappa shape index (κ1) is 7.74. The second-order valence-electron chi connectivity index (χ2n) is 2.85. The minimum absolute atomic E-state index is 0.0315. The topological polar surface area (TPSA) is 17.1 Å². The first-order chi connectivity index (χ1) is 5.68. The lowest BCUT2D eigenvalue weighted by Gasteiger charge is -1.98. The van der Waals surface area contributed by atoms with Crippen LogP contribution in [0.4, 0.5) is 4.39 Å². The average Bonchev–Trinajstić information content (AvgIpc) is 2.35. The van der Waals surface area contributed by atoms with Crippen LogP contribution in [0.5, 0.6) is 0 Å². The second-order valence-corrected chi connectivity index (χ2v) is 3.25. The molecule has 62 valence electrons.